The smallest absolute Gasteiger partial charge is 0.133 e. The van der Waals surface area contributed by atoms with Gasteiger partial charge < -0.3 is 5.11 Å². The summed E-state index contributed by atoms with van der Waals surface area (Å²) in [5, 5.41) is 10.5. The summed E-state index contributed by atoms with van der Waals surface area (Å²) in [4.78, 5) is 11.8. The first-order valence-corrected chi connectivity index (χ1v) is 10.2. The lowest BCUT2D eigenvalue weighted by molar-refractivity contribution is -0.128. The van der Waals surface area contributed by atoms with E-state index in [0.29, 0.717) is 23.0 Å². The van der Waals surface area contributed by atoms with Gasteiger partial charge in [0, 0.05) is 12.8 Å². The van der Waals surface area contributed by atoms with E-state index >= 15 is 0 Å². The van der Waals surface area contributed by atoms with E-state index in [1.54, 1.807) is 0 Å². The summed E-state index contributed by atoms with van der Waals surface area (Å²) in [7, 11) is 0. The number of fused-ring (bicyclic) bond motifs is 5. The lowest BCUT2D eigenvalue weighted by Crippen LogP contribution is -2.49. The molecule has 4 saturated carbocycles. The monoisotopic (exact) mass is 318 g/mol. The van der Waals surface area contributed by atoms with E-state index < -0.39 is 0 Å². The molecule has 8 atom stereocenters. The molecule has 4 fully saturated rings. The summed E-state index contributed by atoms with van der Waals surface area (Å²) >= 11 is 0. The van der Waals surface area contributed by atoms with Gasteiger partial charge in [-0.1, -0.05) is 13.8 Å². The van der Waals surface area contributed by atoms with E-state index in [0.717, 1.165) is 42.9 Å². The van der Waals surface area contributed by atoms with Crippen LogP contribution in [0.2, 0.25) is 0 Å². The Hall–Kier alpha value is -0.370. The number of carbonyl (C=O) groups excluding carboxylic acids is 1. The highest BCUT2D eigenvalue weighted by molar-refractivity contribution is 5.79. The number of Topliss-reactive ketones (excluding diaryl/α,β-unsaturated/α-hetero) is 1. The minimum atomic E-state index is -0.0924. The van der Waals surface area contributed by atoms with Crippen molar-refractivity contribution in [3.63, 3.8) is 0 Å². The van der Waals surface area contributed by atoms with Crippen LogP contribution in [0.1, 0.15) is 78.1 Å². The molecule has 130 valence electrons. The fourth-order valence-corrected chi connectivity index (χ4v) is 7.62. The highest BCUT2D eigenvalue weighted by atomic mass is 16.3. The van der Waals surface area contributed by atoms with E-state index in [1.807, 2.05) is 0 Å². The van der Waals surface area contributed by atoms with Gasteiger partial charge in [0.15, 0.2) is 0 Å². The Balaban J connectivity index is 1.55. The standard InChI is InChI=1S/C21H34O2/c1-3-20(23)19-9-8-18-17-6-4-13-12-14(22)5-7-15(13)16(17)10-11-21(18,19)2/h13,15-20,23H,3-12H2,1-2H3/t13-,15-,16+,17+,18-,19+,20?,21-/m0/s1. The van der Waals surface area contributed by atoms with Gasteiger partial charge in [0.1, 0.15) is 5.78 Å². The third-order valence-corrected chi connectivity index (χ3v) is 8.72. The van der Waals surface area contributed by atoms with E-state index in [1.165, 1.54) is 44.9 Å². The van der Waals surface area contributed by atoms with Crippen molar-refractivity contribution in [2.24, 2.45) is 40.9 Å². The van der Waals surface area contributed by atoms with Crippen LogP contribution in [0.3, 0.4) is 0 Å². The van der Waals surface area contributed by atoms with Crippen LogP contribution in [-0.2, 0) is 4.79 Å². The van der Waals surface area contributed by atoms with E-state index in [4.69, 9.17) is 0 Å². The molecule has 0 aromatic heterocycles. The Morgan fingerprint density at radius 1 is 1.09 bits per heavy atom. The first-order chi connectivity index (χ1) is 11.0. The highest BCUT2D eigenvalue weighted by Crippen LogP contribution is 2.64. The van der Waals surface area contributed by atoms with Crippen molar-refractivity contribution in [1.29, 1.82) is 0 Å². The summed E-state index contributed by atoms with van der Waals surface area (Å²) in [6.07, 6.45) is 11.6. The number of hydrogen-bond donors (Lipinski definition) is 1. The summed E-state index contributed by atoms with van der Waals surface area (Å²) in [5.74, 6) is 5.22. The van der Waals surface area contributed by atoms with Gasteiger partial charge in [0.2, 0.25) is 0 Å². The van der Waals surface area contributed by atoms with Gasteiger partial charge in [-0.25, -0.2) is 0 Å². The van der Waals surface area contributed by atoms with E-state index in [2.05, 4.69) is 13.8 Å². The molecule has 4 aliphatic carbocycles. The molecule has 0 aliphatic heterocycles. The maximum absolute atomic E-state index is 11.8. The lowest BCUT2D eigenvalue weighted by Gasteiger charge is -2.56. The first-order valence-electron chi connectivity index (χ1n) is 10.2. The third kappa shape index (κ3) is 2.42. The quantitative estimate of drug-likeness (QED) is 0.808. The van der Waals surface area contributed by atoms with Crippen molar-refractivity contribution >= 4 is 5.78 Å². The fourth-order valence-electron chi connectivity index (χ4n) is 7.62. The molecule has 2 heteroatoms. The molecule has 2 nitrogen and oxygen atoms in total. The predicted molar refractivity (Wildman–Crippen MR) is 91.9 cm³/mol. The van der Waals surface area contributed by atoms with Crippen molar-refractivity contribution in [2.45, 2.75) is 84.2 Å². The molecule has 4 rings (SSSR count). The second kappa shape index (κ2) is 5.86. The molecule has 0 aromatic rings. The largest absolute Gasteiger partial charge is 0.393 e. The molecular formula is C21H34O2. The van der Waals surface area contributed by atoms with Gasteiger partial charge >= 0.3 is 0 Å². The zero-order chi connectivity index (χ0) is 16.2. The van der Waals surface area contributed by atoms with Gasteiger partial charge in [-0.15, -0.1) is 0 Å². The third-order valence-electron chi connectivity index (χ3n) is 8.72. The van der Waals surface area contributed by atoms with Crippen molar-refractivity contribution < 1.29 is 9.90 Å². The molecule has 23 heavy (non-hydrogen) atoms. The molecule has 1 unspecified atom stereocenters. The normalized spacial score (nSPS) is 50.8. The lowest BCUT2D eigenvalue weighted by atomic mass is 9.49. The topological polar surface area (TPSA) is 37.3 Å². The second-order valence-electron chi connectivity index (χ2n) is 9.42. The summed E-state index contributed by atoms with van der Waals surface area (Å²) < 4.78 is 0. The Labute approximate surface area is 141 Å². The number of ketones is 1. The minimum Gasteiger partial charge on any atom is -0.393 e. The Morgan fingerprint density at radius 2 is 1.91 bits per heavy atom. The molecule has 1 N–H and O–H groups in total. The van der Waals surface area contributed by atoms with Crippen LogP contribution in [0.15, 0.2) is 0 Å². The van der Waals surface area contributed by atoms with Crippen molar-refractivity contribution in [3.05, 3.63) is 0 Å². The molecule has 0 aromatic carbocycles. The maximum Gasteiger partial charge on any atom is 0.133 e. The van der Waals surface area contributed by atoms with Gasteiger partial charge in [-0.2, -0.15) is 0 Å². The van der Waals surface area contributed by atoms with Crippen LogP contribution in [0.25, 0.3) is 0 Å². The minimum absolute atomic E-state index is 0.0924. The summed E-state index contributed by atoms with van der Waals surface area (Å²) in [5.41, 5.74) is 0.383. The molecular weight excluding hydrogens is 284 g/mol. The molecule has 0 saturated heterocycles. The SMILES string of the molecule is CCC(O)[C@H]1CC[C@H]2[C@@H]3CC[C@H]4CC(=O)CC[C@@H]4[C@H]3CC[C@]12C. The van der Waals surface area contributed by atoms with E-state index in [-0.39, 0.29) is 6.10 Å². The molecule has 0 heterocycles. The Bertz CT molecular complexity index is 472. The molecule has 0 amide bonds. The van der Waals surface area contributed by atoms with Crippen LogP contribution in [0, 0.1) is 40.9 Å². The van der Waals surface area contributed by atoms with Crippen LogP contribution in [0.5, 0.6) is 0 Å². The molecule has 0 spiro atoms. The van der Waals surface area contributed by atoms with Crippen LogP contribution >= 0.6 is 0 Å². The van der Waals surface area contributed by atoms with Gasteiger partial charge in [0.05, 0.1) is 6.10 Å². The zero-order valence-corrected chi connectivity index (χ0v) is 15.0. The van der Waals surface area contributed by atoms with Crippen LogP contribution in [0.4, 0.5) is 0 Å². The number of aliphatic hydroxyl groups is 1. The van der Waals surface area contributed by atoms with Crippen LogP contribution < -0.4 is 0 Å². The number of rotatable bonds is 2. The van der Waals surface area contributed by atoms with Gasteiger partial charge in [0.25, 0.3) is 0 Å². The highest BCUT2D eigenvalue weighted by Gasteiger charge is 2.57. The van der Waals surface area contributed by atoms with Crippen molar-refractivity contribution in [1.82, 2.24) is 0 Å². The first kappa shape index (κ1) is 16.1. The predicted octanol–water partition coefficient (Wildman–Crippen LogP) is 4.60. The van der Waals surface area contributed by atoms with Gasteiger partial charge in [-0.05, 0) is 92.3 Å². The van der Waals surface area contributed by atoms with Crippen molar-refractivity contribution in [2.75, 3.05) is 0 Å². The van der Waals surface area contributed by atoms with Gasteiger partial charge in [-0.3, -0.25) is 4.79 Å². The molecule has 4 aliphatic rings. The van der Waals surface area contributed by atoms with E-state index in [9.17, 15) is 9.90 Å². The average Bonchev–Trinajstić information content (AvgIpc) is 2.90. The number of aliphatic hydroxyl groups excluding tert-OH is 1. The Kier molecular flexibility index (Phi) is 4.11. The number of hydrogen-bond acceptors (Lipinski definition) is 2. The maximum atomic E-state index is 11.8. The van der Waals surface area contributed by atoms with Crippen molar-refractivity contribution in [3.8, 4) is 0 Å². The molecule has 0 bridgehead atoms. The zero-order valence-electron chi connectivity index (χ0n) is 15.0. The Morgan fingerprint density at radius 3 is 2.70 bits per heavy atom. The summed E-state index contributed by atoms with van der Waals surface area (Å²) in [6.45, 7) is 4.64. The average molecular weight is 319 g/mol. The second-order valence-corrected chi connectivity index (χ2v) is 9.42. The fraction of sp³-hybridized carbons (Fsp3) is 0.952. The molecule has 0 radical (unpaired) electrons. The number of carbonyl (C=O) groups is 1. The summed E-state index contributed by atoms with van der Waals surface area (Å²) in [6, 6.07) is 0. The van der Waals surface area contributed by atoms with Crippen LogP contribution in [-0.4, -0.2) is 17.0 Å².